The highest BCUT2D eigenvalue weighted by Gasteiger charge is 2.14. The van der Waals surface area contributed by atoms with Gasteiger partial charge in [-0.25, -0.2) is 0 Å². The number of hydrogen-bond acceptors (Lipinski definition) is 2. The van der Waals surface area contributed by atoms with Gasteiger partial charge in [0.2, 0.25) is 0 Å². The van der Waals surface area contributed by atoms with Crippen LogP contribution in [-0.2, 0) is 0 Å². The molecule has 0 aliphatic heterocycles. The number of carbonyl (C=O) groups is 1. The van der Waals surface area contributed by atoms with Crippen LogP contribution in [0.2, 0.25) is 0 Å². The number of para-hydroxylation sites is 1. The summed E-state index contributed by atoms with van der Waals surface area (Å²) in [7, 11) is 0. The summed E-state index contributed by atoms with van der Waals surface area (Å²) in [6, 6.07) is 15.7. The molecule has 0 saturated carbocycles. The van der Waals surface area contributed by atoms with Gasteiger partial charge in [-0.3, -0.25) is 4.79 Å². The molecular weight excluding hydrogens is 250 g/mol. The molecule has 0 saturated heterocycles. The number of rotatable bonds is 4. The van der Waals surface area contributed by atoms with Crippen LogP contribution >= 0.6 is 0 Å². The van der Waals surface area contributed by atoms with E-state index in [-0.39, 0.29) is 0 Å². The molecule has 3 rings (SSSR count). The highest BCUT2D eigenvalue weighted by atomic mass is 16.5. The van der Waals surface area contributed by atoms with Crippen molar-refractivity contribution in [3.8, 4) is 16.9 Å². The van der Waals surface area contributed by atoms with Crippen LogP contribution < -0.4 is 4.74 Å². The van der Waals surface area contributed by atoms with Gasteiger partial charge in [0.05, 0.1) is 12.3 Å². The van der Waals surface area contributed by atoms with Gasteiger partial charge in [0, 0.05) is 22.8 Å². The van der Waals surface area contributed by atoms with E-state index in [0.717, 1.165) is 28.7 Å². The van der Waals surface area contributed by atoms with Crippen molar-refractivity contribution in [2.24, 2.45) is 0 Å². The van der Waals surface area contributed by atoms with Crippen molar-refractivity contribution < 1.29 is 9.53 Å². The summed E-state index contributed by atoms with van der Waals surface area (Å²) >= 11 is 0. The van der Waals surface area contributed by atoms with E-state index in [4.69, 9.17) is 4.74 Å². The predicted molar refractivity (Wildman–Crippen MR) is 79.4 cm³/mol. The largest absolute Gasteiger partial charge is 0.493 e. The summed E-state index contributed by atoms with van der Waals surface area (Å²) < 4.78 is 7.56. The number of hydrogen-bond donors (Lipinski definition) is 0. The van der Waals surface area contributed by atoms with Crippen molar-refractivity contribution in [3.63, 3.8) is 0 Å². The SMILES string of the molecule is CCOc1ccccc1-c1cc2ccccn2c1C=O. The van der Waals surface area contributed by atoms with Gasteiger partial charge in [0.25, 0.3) is 0 Å². The summed E-state index contributed by atoms with van der Waals surface area (Å²) in [6.07, 6.45) is 2.79. The van der Waals surface area contributed by atoms with Crippen molar-refractivity contribution >= 4 is 11.8 Å². The highest BCUT2D eigenvalue weighted by Crippen LogP contribution is 2.33. The fraction of sp³-hybridized carbons (Fsp3) is 0.118. The van der Waals surface area contributed by atoms with Gasteiger partial charge in [-0.15, -0.1) is 0 Å². The van der Waals surface area contributed by atoms with Gasteiger partial charge in [0.15, 0.2) is 6.29 Å². The second-order valence-electron chi connectivity index (χ2n) is 4.49. The normalized spacial score (nSPS) is 10.7. The van der Waals surface area contributed by atoms with Crippen LogP contribution in [0.1, 0.15) is 17.4 Å². The van der Waals surface area contributed by atoms with Crippen LogP contribution in [0.5, 0.6) is 5.75 Å². The standard InChI is InChI=1S/C17H15NO2/c1-2-20-17-9-4-3-8-14(17)15-11-13-7-5-6-10-18(13)16(15)12-19/h3-12H,2H2,1H3. The maximum absolute atomic E-state index is 11.5. The maximum Gasteiger partial charge on any atom is 0.167 e. The number of ether oxygens (including phenoxy) is 1. The van der Waals surface area contributed by atoms with Crippen molar-refractivity contribution in [2.75, 3.05) is 6.61 Å². The molecule has 0 fully saturated rings. The Morgan fingerprint density at radius 2 is 1.90 bits per heavy atom. The first-order valence-electron chi connectivity index (χ1n) is 6.62. The summed E-state index contributed by atoms with van der Waals surface area (Å²) in [4.78, 5) is 11.5. The summed E-state index contributed by atoms with van der Waals surface area (Å²) in [6.45, 7) is 2.55. The van der Waals surface area contributed by atoms with Crippen molar-refractivity contribution in [2.45, 2.75) is 6.92 Å². The lowest BCUT2D eigenvalue weighted by Gasteiger charge is -2.09. The zero-order valence-electron chi connectivity index (χ0n) is 11.2. The van der Waals surface area contributed by atoms with Crippen LogP contribution in [0.4, 0.5) is 0 Å². The van der Waals surface area contributed by atoms with Crippen molar-refractivity contribution in [1.29, 1.82) is 0 Å². The molecule has 0 bridgehead atoms. The minimum atomic E-state index is 0.598. The van der Waals surface area contributed by atoms with E-state index in [1.54, 1.807) is 0 Å². The van der Waals surface area contributed by atoms with E-state index in [0.29, 0.717) is 12.3 Å². The van der Waals surface area contributed by atoms with E-state index in [2.05, 4.69) is 0 Å². The molecule has 0 unspecified atom stereocenters. The Labute approximate surface area is 117 Å². The lowest BCUT2D eigenvalue weighted by Crippen LogP contribution is -1.96. The topological polar surface area (TPSA) is 30.7 Å². The maximum atomic E-state index is 11.5. The average molecular weight is 265 g/mol. The first kappa shape index (κ1) is 12.5. The molecule has 100 valence electrons. The number of benzene rings is 1. The molecule has 20 heavy (non-hydrogen) atoms. The molecule has 0 N–H and O–H groups in total. The molecule has 1 aromatic carbocycles. The van der Waals surface area contributed by atoms with E-state index < -0.39 is 0 Å². The number of nitrogens with zero attached hydrogens (tertiary/aromatic N) is 1. The molecule has 0 amide bonds. The molecule has 3 heteroatoms. The summed E-state index contributed by atoms with van der Waals surface area (Å²) in [5.41, 5.74) is 3.49. The van der Waals surface area contributed by atoms with Gasteiger partial charge in [-0.2, -0.15) is 0 Å². The quantitative estimate of drug-likeness (QED) is 0.671. The Kier molecular flexibility index (Phi) is 3.25. The van der Waals surface area contributed by atoms with Crippen LogP contribution in [-0.4, -0.2) is 17.3 Å². The Balaban J connectivity index is 2.27. The zero-order chi connectivity index (χ0) is 13.9. The van der Waals surface area contributed by atoms with Crippen molar-refractivity contribution in [3.05, 3.63) is 60.4 Å². The predicted octanol–water partition coefficient (Wildman–Crippen LogP) is 3.82. The third-order valence-electron chi connectivity index (χ3n) is 3.31. The monoisotopic (exact) mass is 265 g/mol. The molecule has 2 aromatic heterocycles. The van der Waals surface area contributed by atoms with Gasteiger partial charge < -0.3 is 9.14 Å². The lowest BCUT2D eigenvalue weighted by atomic mass is 10.1. The molecule has 0 aliphatic rings. The summed E-state index contributed by atoms with van der Waals surface area (Å²) in [5, 5.41) is 0. The van der Waals surface area contributed by atoms with Crippen molar-refractivity contribution in [1.82, 2.24) is 4.40 Å². The second-order valence-corrected chi connectivity index (χ2v) is 4.49. The molecule has 0 aliphatic carbocycles. The fourth-order valence-electron chi connectivity index (χ4n) is 2.45. The number of aromatic nitrogens is 1. The second kappa shape index (κ2) is 5.21. The Morgan fingerprint density at radius 1 is 1.10 bits per heavy atom. The van der Waals surface area contributed by atoms with Gasteiger partial charge >= 0.3 is 0 Å². The minimum Gasteiger partial charge on any atom is -0.493 e. The number of pyridine rings is 1. The van der Waals surface area contributed by atoms with Crippen LogP contribution in [0.25, 0.3) is 16.6 Å². The molecule has 0 radical (unpaired) electrons. The average Bonchev–Trinajstić information content (AvgIpc) is 2.86. The van der Waals surface area contributed by atoms with E-state index in [1.807, 2.05) is 66.1 Å². The lowest BCUT2D eigenvalue weighted by molar-refractivity contribution is 0.111. The third-order valence-corrected chi connectivity index (χ3v) is 3.31. The highest BCUT2D eigenvalue weighted by molar-refractivity contribution is 5.91. The zero-order valence-corrected chi connectivity index (χ0v) is 11.2. The Morgan fingerprint density at radius 3 is 2.70 bits per heavy atom. The third kappa shape index (κ3) is 1.97. The Bertz CT molecular complexity index is 759. The summed E-state index contributed by atoms with van der Waals surface area (Å²) in [5.74, 6) is 0.800. The number of fused-ring (bicyclic) bond motifs is 1. The fourth-order valence-corrected chi connectivity index (χ4v) is 2.45. The van der Waals surface area contributed by atoms with E-state index in [1.165, 1.54) is 0 Å². The van der Waals surface area contributed by atoms with Gasteiger partial charge in [-0.05, 0) is 31.2 Å². The van der Waals surface area contributed by atoms with Gasteiger partial charge in [-0.1, -0.05) is 24.3 Å². The molecule has 2 heterocycles. The number of carbonyl (C=O) groups excluding carboxylic acids is 1. The van der Waals surface area contributed by atoms with Crippen LogP contribution in [0.15, 0.2) is 54.7 Å². The minimum absolute atomic E-state index is 0.598. The molecular formula is C17H15NO2. The molecule has 0 atom stereocenters. The first-order valence-corrected chi connectivity index (χ1v) is 6.62. The molecule has 0 spiro atoms. The van der Waals surface area contributed by atoms with Gasteiger partial charge in [0.1, 0.15) is 5.75 Å². The molecule has 3 nitrogen and oxygen atoms in total. The first-order chi connectivity index (χ1) is 9.85. The Hall–Kier alpha value is -2.55. The van der Waals surface area contributed by atoms with E-state index in [9.17, 15) is 4.79 Å². The molecule has 3 aromatic rings. The smallest absolute Gasteiger partial charge is 0.167 e. The number of aldehydes is 1. The van der Waals surface area contributed by atoms with Crippen LogP contribution in [0, 0.1) is 0 Å². The van der Waals surface area contributed by atoms with Crippen LogP contribution in [0.3, 0.4) is 0 Å². The van der Waals surface area contributed by atoms with E-state index >= 15 is 0 Å².